The van der Waals surface area contributed by atoms with E-state index in [4.69, 9.17) is 10.8 Å². The van der Waals surface area contributed by atoms with Gasteiger partial charge in [-0.3, -0.25) is 0 Å². The summed E-state index contributed by atoms with van der Waals surface area (Å²) < 4.78 is 1.43. The summed E-state index contributed by atoms with van der Waals surface area (Å²) >= 11 is 1.06. The van der Waals surface area contributed by atoms with Crippen molar-refractivity contribution in [3.05, 3.63) is 10.6 Å². The molecule has 0 radical (unpaired) electrons. The van der Waals surface area contributed by atoms with E-state index >= 15 is 0 Å². The number of aromatic nitrogens is 3. The number of hydrogen-bond acceptors (Lipinski definition) is 5. The highest BCUT2D eigenvalue weighted by Crippen LogP contribution is 2.21. The van der Waals surface area contributed by atoms with Crippen molar-refractivity contribution >= 4 is 28.2 Å². The van der Waals surface area contributed by atoms with Gasteiger partial charge in [-0.1, -0.05) is 11.3 Å². The van der Waals surface area contributed by atoms with Crippen LogP contribution in [0.4, 0.5) is 5.95 Å². The number of carboxylic acids is 1. The number of carbonyl (C=O) groups is 1. The Hall–Kier alpha value is -1.63. The number of anilines is 1. The lowest BCUT2D eigenvalue weighted by Crippen LogP contribution is -1.98. The minimum atomic E-state index is -0.964. The second kappa shape index (κ2) is 2.43. The maximum Gasteiger partial charge on any atom is 0.347 e. The van der Waals surface area contributed by atoms with Crippen LogP contribution < -0.4 is 5.73 Å². The minimum absolute atomic E-state index is 0.159. The van der Waals surface area contributed by atoms with Crippen LogP contribution in [0.3, 0.4) is 0 Å². The molecule has 0 aliphatic carbocycles. The summed E-state index contributed by atoms with van der Waals surface area (Å²) in [6, 6.07) is 0. The van der Waals surface area contributed by atoms with Gasteiger partial charge in [0.25, 0.3) is 0 Å². The number of fused-ring (bicyclic) bond motifs is 1. The van der Waals surface area contributed by atoms with E-state index in [-0.39, 0.29) is 10.8 Å². The third kappa shape index (κ3) is 1.04. The first-order valence-corrected chi connectivity index (χ1v) is 4.26. The lowest BCUT2D eigenvalue weighted by molar-refractivity contribution is 0.0701. The Morgan fingerprint density at radius 1 is 1.69 bits per heavy atom. The zero-order chi connectivity index (χ0) is 9.59. The van der Waals surface area contributed by atoms with Gasteiger partial charge in [0.05, 0.1) is 5.69 Å². The molecule has 7 heteroatoms. The van der Waals surface area contributed by atoms with Crippen LogP contribution in [0.1, 0.15) is 15.4 Å². The molecule has 0 amide bonds. The molecular weight excluding hydrogens is 192 g/mol. The Labute approximate surface area is 76.6 Å². The number of rotatable bonds is 1. The molecule has 0 aliphatic rings. The quantitative estimate of drug-likeness (QED) is 0.690. The lowest BCUT2D eigenvalue weighted by Gasteiger charge is -1.89. The molecule has 0 fully saturated rings. The molecular formula is C6H6N4O2S. The van der Waals surface area contributed by atoms with Crippen molar-refractivity contribution in [1.29, 1.82) is 0 Å². The molecule has 2 heterocycles. The fourth-order valence-electron chi connectivity index (χ4n) is 1.06. The average Bonchev–Trinajstić information content (AvgIpc) is 2.51. The van der Waals surface area contributed by atoms with Crippen LogP contribution in [0.25, 0.3) is 4.96 Å². The van der Waals surface area contributed by atoms with Gasteiger partial charge in [-0.05, 0) is 6.92 Å². The Morgan fingerprint density at radius 2 is 2.38 bits per heavy atom. The standard InChI is InChI=1S/C6H6N4O2S/c1-2-3(4(11)12)13-6-8-5(7)9-10(2)6/h1H3,(H2,7,9)(H,11,12). The third-order valence-corrected chi connectivity index (χ3v) is 2.75. The predicted molar refractivity (Wildman–Crippen MR) is 47.0 cm³/mol. The molecule has 6 nitrogen and oxygen atoms in total. The third-order valence-electron chi connectivity index (χ3n) is 1.63. The molecule has 2 rings (SSSR count). The fraction of sp³-hybridized carbons (Fsp3) is 0.167. The number of aromatic carboxylic acids is 1. The summed E-state index contributed by atoms with van der Waals surface area (Å²) in [5, 5.41) is 12.6. The summed E-state index contributed by atoms with van der Waals surface area (Å²) in [4.78, 5) is 15.3. The number of nitrogens with two attached hydrogens (primary N) is 1. The first kappa shape index (κ1) is 7.99. The van der Waals surface area contributed by atoms with E-state index in [0.717, 1.165) is 11.3 Å². The number of nitrogens with zero attached hydrogens (tertiary/aromatic N) is 3. The van der Waals surface area contributed by atoms with E-state index in [1.807, 2.05) is 0 Å². The van der Waals surface area contributed by atoms with Crippen LogP contribution in [0.2, 0.25) is 0 Å². The lowest BCUT2D eigenvalue weighted by atomic mass is 10.4. The predicted octanol–water partition coefficient (Wildman–Crippen LogP) is 0.380. The van der Waals surface area contributed by atoms with Gasteiger partial charge in [0.2, 0.25) is 10.9 Å². The number of thiazole rings is 1. The number of hydrogen-bond donors (Lipinski definition) is 2. The van der Waals surface area contributed by atoms with Crippen molar-refractivity contribution in [3.63, 3.8) is 0 Å². The molecule has 0 spiro atoms. The maximum absolute atomic E-state index is 10.7. The number of nitrogen functional groups attached to an aromatic ring is 1. The van der Waals surface area contributed by atoms with Gasteiger partial charge in [0.1, 0.15) is 4.88 Å². The Morgan fingerprint density at radius 3 is 2.92 bits per heavy atom. The van der Waals surface area contributed by atoms with Gasteiger partial charge in [-0.2, -0.15) is 4.98 Å². The summed E-state index contributed by atoms with van der Waals surface area (Å²) in [6.45, 7) is 1.67. The highest BCUT2D eigenvalue weighted by atomic mass is 32.1. The van der Waals surface area contributed by atoms with Gasteiger partial charge in [0, 0.05) is 0 Å². The molecule has 2 aromatic rings. The molecule has 0 saturated heterocycles. The molecule has 0 saturated carbocycles. The number of carboxylic acid groups (broad SMARTS) is 1. The largest absolute Gasteiger partial charge is 0.477 e. The first-order valence-electron chi connectivity index (χ1n) is 3.44. The van der Waals surface area contributed by atoms with Crippen LogP contribution in [-0.2, 0) is 0 Å². The zero-order valence-electron chi connectivity index (χ0n) is 6.68. The molecule has 3 N–H and O–H groups in total. The molecule has 2 aromatic heterocycles. The number of aryl methyl sites for hydroxylation is 1. The Bertz CT molecular complexity index is 486. The summed E-state index contributed by atoms with van der Waals surface area (Å²) in [6.07, 6.45) is 0. The first-order chi connectivity index (χ1) is 6.09. The van der Waals surface area contributed by atoms with Gasteiger partial charge >= 0.3 is 5.97 Å². The van der Waals surface area contributed by atoms with E-state index in [1.165, 1.54) is 4.52 Å². The van der Waals surface area contributed by atoms with Crippen LogP contribution in [0, 0.1) is 6.92 Å². The molecule has 13 heavy (non-hydrogen) atoms. The van der Waals surface area contributed by atoms with Crippen molar-refractivity contribution in [2.45, 2.75) is 6.92 Å². The summed E-state index contributed by atoms with van der Waals surface area (Å²) in [5.41, 5.74) is 5.90. The molecule has 0 aromatic carbocycles. The second-order valence-corrected chi connectivity index (χ2v) is 3.46. The summed E-state index contributed by atoms with van der Waals surface area (Å²) in [5.74, 6) is -0.806. The van der Waals surface area contributed by atoms with E-state index in [1.54, 1.807) is 6.92 Å². The SMILES string of the molecule is Cc1c(C(=O)O)sc2nc(N)nn12. The van der Waals surface area contributed by atoms with E-state index in [0.29, 0.717) is 10.7 Å². The van der Waals surface area contributed by atoms with E-state index < -0.39 is 5.97 Å². The van der Waals surface area contributed by atoms with Crippen LogP contribution in [0.5, 0.6) is 0 Å². The van der Waals surface area contributed by atoms with Gasteiger partial charge in [0.15, 0.2) is 0 Å². The van der Waals surface area contributed by atoms with Crippen molar-refractivity contribution in [2.75, 3.05) is 5.73 Å². The maximum atomic E-state index is 10.7. The van der Waals surface area contributed by atoms with Crippen molar-refractivity contribution in [1.82, 2.24) is 14.6 Å². The van der Waals surface area contributed by atoms with E-state index in [2.05, 4.69) is 10.1 Å². The van der Waals surface area contributed by atoms with E-state index in [9.17, 15) is 4.79 Å². The Kier molecular flexibility index (Phi) is 1.49. The minimum Gasteiger partial charge on any atom is -0.477 e. The highest BCUT2D eigenvalue weighted by Gasteiger charge is 2.16. The van der Waals surface area contributed by atoms with Gasteiger partial charge in [-0.15, -0.1) is 5.10 Å². The Balaban J connectivity index is 2.76. The van der Waals surface area contributed by atoms with Crippen LogP contribution in [-0.4, -0.2) is 25.7 Å². The molecule has 0 unspecified atom stereocenters. The molecule has 68 valence electrons. The van der Waals surface area contributed by atoms with Crippen LogP contribution in [0.15, 0.2) is 0 Å². The van der Waals surface area contributed by atoms with Gasteiger partial charge < -0.3 is 10.8 Å². The van der Waals surface area contributed by atoms with Crippen molar-refractivity contribution < 1.29 is 9.90 Å². The van der Waals surface area contributed by atoms with Crippen molar-refractivity contribution in [2.24, 2.45) is 0 Å². The average molecular weight is 198 g/mol. The molecule has 0 atom stereocenters. The normalized spacial score (nSPS) is 10.8. The summed E-state index contributed by atoms with van der Waals surface area (Å²) in [7, 11) is 0. The van der Waals surface area contributed by atoms with Crippen LogP contribution >= 0.6 is 11.3 Å². The highest BCUT2D eigenvalue weighted by molar-refractivity contribution is 7.18. The monoisotopic (exact) mass is 198 g/mol. The second-order valence-electron chi connectivity index (χ2n) is 2.49. The van der Waals surface area contributed by atoms with Crippen molar-refractivity contribution in [3.8, 4) is 0 Å². The topological polar surface area (TPSA) is 93.5 Å². The molecule has 0 bridgehead atoms. The fourth-order valence-corrected chi connectivity index (χ4v) is 1.96. The smallest absolute Gasteiger partial charge is 0.347 e. The molecule has 0 aliphatic heterocycles. The zero-order valence-corrected chi connectivity index (χ0v) is 7.50. The van der Waals surface area contributed by atoms with Gasteiger partial charge in [-0.25, -0.2) is 9.31 Å².